The van der Waals surface area contributed by atoms with Crippen molar-refractivity contribution in [2.24, 2.45) is 0 Å². The van der Waals surface area contributed by atoms with Crippen LogP contribution >= 0.6 is 11.6 Å². The predicted molar refractivity (Wildman–Crippen MR) is 74.9 cm³/mol. The summed E-state index contributed by atoms with van der Waals surface area (Å²) in [4.78, 5) is 11.9. The Hall–Kier alpha value is -1.02. The van der Waals surface area contributed by atoms with Crippen LogP contribution < -0.4 is 5.32 Å². The normalized spacial score (nSPS) is 16.6. The average Bonchev–Trinajstić information content (AvgIpc) is 2.34. The van der Waals surface area contributed by atoms with Crippen LogP contribution in [0.1, 0.15) is 43.2 Å². The molecule has 1 fully saturated rings. The molecule has 0 unspecified atom stereocenters. The summed E-state index contributed by atoms with van der Waals surface area (Å²) >= 11 is 6.14. The van der Waals surface area contributed by atoms with Crippen molar-refractivity contribution in [3.05, 3.63) is 34.3 Å². The number of carbonyl (C=O) groups excluding carboxylic acids is 1. The molecular formula is C15H20ClNO. The molecule has 1 aromatic rings. The van der Waals surface area contributed by atoms with Crippen molar-refractivity contribution >= 4 is 17.5 Å². The second kappa shape index (κ2) is 6.24. The highest BCUT2D eigenvalue weighted by Gasteiger charge is 2.16. The van der Waals surface area contributed by atoms with E-state index in [1.165, 1.54) is 19.3 Å². The largest absolute Gasteiger partial charge is 0.353 e. The van der Waals surface area contributed by atoms with Gasteiger partial charge in [0.05, 0.1) is 6.42 Å². The van der Waals surface area contributed by atoms with Gasteiger partial charge in [0, 0.05) is 11.1 Å². The molecule has 2 nitrogen and oxygen atoms in total. The molecule has 18 heavy (non-hydrogen) atoms. The van der Waals surface area contributed by atoms with Crippen molar-refractivity contribution in [3.8, 4) is 0 Å². The molecule has 0 saturated heterocycles. The minimum absolute atomic E-state index is 0.0904. The number of nitrogens with one attached hydrogen (secondary N) is 1. The second-order valence-electron chi connectivity index (χ2n) is 5.17. The summed E-state index contributed by atoms with van der Waals surface area (Å²) in [7, 11) is 0. The van der Waals surface area contributed by atoms with Gasteiger partial charge in [0.15, 0.2) is 0 Å². The number of benzene rings is 1. The molecule has 0 heterocycles. The highest BCUT2D eigenvalue weighted by molar-refractivity contribution is 6.31. The van der Waals surface area contributed by atoms with Gasteiger partial charge in [-0.25, -0.2) is 0 Å². The summed E-state index contributed by atoms with van der Waals surface area (Å²) in [5.41, 5.74) is 2.03. The SMILES string of the molecule is Cc1ccc(CC(=O)NC2CCCCC2)c(Cl)c1. The summed E-state index contributed by atoms with van der Waals surface area (Å²) in [6.07, 6.45) is 6.39. The lowest BCUT2D eigenvalue weighted by Gasteiger charge is -2.22. The Morgan fingerprint density at radius 1 is 1.33 bits per heavy atom. The number of hydrogen-bond donors (Lipinski definition) is 1. The maximum Gasteiger partial charge on any atom is 0.224 e. The molecule has 0 atom stereocenters. The first-order valence-electron chi connectivity index (χ1n) is 6.69. The highest BCUT2D eigenvalue weighted by atomic mass is 35.5. The molecule has 0 aliphatic heterocycles. The third-order valence-corrected chi connectivity index (χ3v) is 3.88. The maximum atomic E-state index is 11.9. The number of carbonyl (C=O) groups is 1. The average molecular weight is 266 g/mol. The zero-order valence-corrected chi connectivity index (χ0v) is 11.6. The zero-order chi connectivity index (χ0) is 13.0. The monoisotopic (exact) mass is 265 g/mol. The molecule has 98 valence electrons. The number of rotatable bonds is 3. The summed E-state index contributed by atoms with van der Waals surface area (Å²) in [5.74, 6) is 0.0904. The molecule has 1 aromatic carbocycles. The van der Waals surface area contributed by atoms with Gasteiger partial charge in [-0.15, -0.1) is 0 Å². The molecule has 1 amide bonds. The molecule has 0 bridgehead atoms. The quantitative estimate of drug-likeness (QED) is 0.888. The van der Waals surface area contributed by atoms with E-state index in [9.17, 15) is 4.79 Å². The lowest BCUT2D eigenvalue weighted by atomic mass is 9.95. The molecule has 1 saturated carbocycles. The Kier molecular flexibility index (Phi) is 4.65. The second-order valence-corrected chi connectivity index (χ2v) is 5.58. The third-order valence-electron chi connectivity index (χ3n) is 3.53. The van der Waals surface area contributed by atoms with E-state index in [4.69, 9.17) is 11.6 Å². The molecule has 3 heteroatoms. The van der Waals surface area contributed by atoms with Gasteiger partial charge < -0.3 is 5.32 Å². The number of aryl methyl sites for hydroxylation is 1. The van der Waals surface area contributed by atoms with Gasteiger partial charge in [-0.05, 0) is 37.0 Å². The molecular weight excluding hydrogens is 246 g/mol. The van der Waals surface area contributed by atoms with E-state index in [2.05, 4.69) is 5.32 Å². The van der Waals surface area contributed by atoms with Crippen LogP contribution in [0.15, 0.2) is 18.2 Å². The summed E-state index contributed by atoms with van der Waals surface area (Å²) in [5, 5.41) is 3.80. The topological polar surface area (TPSA) is 29.1 Å². The summed E-state index contributed by atoms with van der Waals surface area (Å²) in [6, 6.07) is 6.22. The fourth-order valence-corrected chi connectivity index (χ4v) is 2.80. The van der Waals surface area contributed by atoms with E-state index in [0.29, 0.717) is 17.5 Å². The van der Waals surface area contributed by atoms with Gasteiger partial charge in [0.2, 0.25) is 5.91 Å². The van der Waals surface area contributed by atoms with E-state index in [0.717, 1.165) is 24.0 Å². The van der Waals surface area contributed by atoms with E-state index in [-0.39, 0.29) is 5.91 Å². The number of halogens is 1. The first kappa shape index (κ1) is 13.4. The Morgan fingerprint density at radius 3 is 2.72 bits per heavy atom. The molecule has 0 radical (unpaired) electrons. The summed E-state index contributed by atoms with van der Waals surface area (Å²) in [6.45, 7) is 2.00. The smallest absolute Gasteiger partial charge is 0.224 e. The van der Waals surface area contributed by atoms with Crippen LogP contribution in [0.4, 0.5) is 0 Å². The molecule has 0 aromatic heterocycles. The molecule has 1 aliphatic carbocycles. The zero-order valence-electron chi connectivity index (χ0n) is 10.8. The molecule has 1 aliphatic rings. The Bertz CT molecular complexity index is 425. The first-order chi connectivity index (χ1) is 8.65. The van der Waals surface area contributed by atoms with Gasteiger partial charge in [-0.1, -0.05) is 43.0 Å². The molecule has 2 rings (SSSR count). The van der Waals surface area contributed by atoms with E-state index in [1.807, 2.05) is 25.1 Å². The van der Waals surface area contributed by atoms with E-state index in [1.54, 1.807) is 0 Å². The van der Waals surface area contributed by atoms with Crippen molar-refractivity contribution in [1.29, 1.82) is 0 Å². The van der Waals surface area contributed by atoms with E-state index < -0.39 is 0 Å². The summed E-state index contributed by atoms with van der Waals surface area (Å²) < 4.78 is 0. The van der Waals surface area contributed by atoms with Crippen LogP contribution in [0.2, 0.25) is 5.02 Å². The van der Waals surface area contributed by atoms with Crippen LogP contribution in [0, 0.1) is 6.92 Å². The van der Waals surface area contributed by atoms with Crippen molar-refractivity contribution < 1.29 is 4.79 Å². The number of amides is 1. The van der Waals surface area contributed by atoms with Gasteiger partial charge in [0.25, 0.3) is 0 Å². The molecule has 0 spiro atoms. The lowest BCUT2D eigenvalue weighted by Crippen LogP contribution is -2.37. The van der Waals surface area contributed by atoms with Gasteiger partial charge >= 0.3 is 0 Å². The maximum absolute atomic E-state index is 11.9. The lowest BCUT2D eigenvalue weighted by molar-refractivity contribution is -0.121. The fourth-order valence-electron chi connectivity index (χ4n) is 2.49. The van der Waals surface area contributed by atoms with E-state index >= 15 is 0 Å². The minimum atomic E-state index is 0.0904. The van der Waals surface area contributed by atoms with Gasteiger partial charge in [0.1, 0.15) is 0 Å². The van der Waals surface area contributed by atoms with Crippen LogP contribution in [0.3, 0.4) is 0 Å². The van der Waals surface area contributed by atoms with Crippen LogP contribution in [0.5, 0.6) is 0 Å². The Balaban J connectivity index is 1.90. The third kappa shape index (κ3) is 3.74. The molecule has 1 N–H and O–H groups in total. The van der Waals surface area contributed by atoms with Crippen LogP contribution in [0.25, 0.3) is 0 Å². The van der Waals surface area contributed by atoms with Crippen LogP contribution in [-0.4, -0.2) is 11.9 Å². The Morgan fingerprint density at radius 2 is 2.06 bits per heavy atom. The standard InChI is InChI=1S/C15H20ClNO/c1-11-7-8-12(14(16)9-11)10-15(18)17-13-5-3-2-4-6-13/h7-9,13H,2-6,10H2,1H3,(H,17,18). The first-order valence-corrected chi connectivity index (χ1v) is 7.07. The van der Waals surface area contributed by atoms with Crippen LogP contribution in [-0.2, 0) is 11.2 Å². The highest BCUT2D eigenvalue weighted by Crippen LogP contribution is 2.20. The number of hydrogen-bond acceptors (Lipinski definition) is 1. The van der Waals surface area contributed by atoms with Crippen molar-refractivity contribution in [2.45, 2.75) is 51.5 Å². The van der Waals surface area contributed by atoms with Crippen molar-refractivity contribution in [3.63, 3.8) is 0 Å². The van der Waals surface area contributed by atoms with Crippen molar-refractivity contribution in [1.82, 2.24) is 5.32 Å². The minimum Gasteiger partial charge on any atom is -0.353 e. The van der Waals surface area contributed by atoms with Crippen molar-refractivity contribution in [2.75, 3.05) is 0 Å². The Labute approximate surface area is 114 Å². The fraction of sp³-hybridized carbons (Fsp3) is 0.533. The van der Waals surface area contributed by atoms with Gasteiger partial charge in [-0.3, -0.25) is 4.79 Å². The predicted octanol–water partition coefficient (Wildman–Crippen LogP) is 3.64. The van der Waals surface area contributed by atoms with Gasteiger partial charge in [-0.2, -0.15) is 0 Å².